The van der Waals surface area contributed by atoms with Crippen LogP contribution in [0.4, 0.5) is 0 Å². The first-order valence-corrected chi connectivity index (χ1v) is 7.79. The SMILES string of the molecule is CC1CCCC(Oc2ccnc(CNC(C)(C)C)c2)C1. The van der Waals surface area contributed by atoms with E-state index in [9.17, 15) is 0 Å². The molecule has 2 unspecified atom stereocenters. The Morgan fingerprint density at radius 1 is 1.35 bits per heavy atom. The molecule has 1 aromatic heterocycles. The fourth-order valence-corrected chi connectivity index (χ4v) is 2.66. The Hall–Kier alpha value is -1.09. The number of nitrogens with zero attached hydrogens (tertiary/aromatic N) is 1. The van der Waals surface area contributed by atoms with Crippen LogP contribution in [0.2, 0.25) is 0 Å². The van der Waals surface area contributed by atoms with Crippen LogP contribution in [-0.4, -0.2) is 16.6 Å². The van der Waals surface area contributed by atoms with E-state index < -0.39 is 0 Å². The van der Waals surface area contributed by atoms with Gasteiger partial charge in [-0.25, -0.2) is 0 Å². The first-order chi connectivity index (χ1) is 9.42. The molecule has 0 aromatic carbocycles. The highest BCUT2D eigenvalue weighted by atomic mass is 16.5. The van der Waals surface area contributed by atoms with E-state index in [2.05, 4.69) is 44.1 Å². The van der Waals surface area contributed by atoms with Gasteiger partial charge in [0.2, 0.25) is 0 Å². The Labute approximate surface area is 123 Å². The Kier molecular flexibility index (Phi) is 5.03. The van der Waals surface area contributed by atoms with Crippen molar-refractivity contribution in [1.82, 2.24) is 10.3 Å². The molecule has 20 heavy (non-hydrogen) atoms. The highest BCUT2D eigenvalue weighted by Crippen LogP contribution is 2.27. The highest BCUT2D eigenvalue weighted by Gasteiger charge is 2.20. The van der Waals surface area contributed by atoms with E-state index in [0.717, 1.165) is 23.9 Å². The summed E-state index contributed by atoms with van der Waals surface area (Å²) in [5.74, 6) is 1.75. The van der Waals surface area contributed by atoms with Crippen molar-refractivity contribution in [2.24, 2.45) is 5.92 Å². The summed E-state index contributed by atoms with van der Waals surface area (Å²) in [6.07, 6.45) is 7.22. The van der Waals surface area contributed by atoms with Gasteiger partial charge in [0, 0.05) is 24.3 Å². The summed E-state index contributed by atoms with van der Waals surface area (Å²) >= 11 is 0. The highest BCUT2D eigenvalue weighted by molar-refractivity contribution is 5.23. The van der Waals surface area contributed by atoms with Crippen LogP contribution in [0, 0.1) is 5.92 Å². The molecule has 1 N–H and O–H groups in total. The van der Waals surface area contributed by atoms with E-state index in [1.165, 1.54) is 25.7 Å². The van der Waals surface area contributed by atoms with Gasteiger partial charge in [-0.3, -0.25) is 4.98 Å². The molecule has 112 valence electrons. The van der Waals surface area contributed by atoms with Gasteiger partial charge in [-0.15, -0.1) is 0 Å². The molecule has 0 amide bonds. The lowest BCUT2D eigenvalue weighted by molar-refractivity contribution is 0.129. The van der Waals surface area contributed by atoms with Crippen LogP contribution in [0.3, 0.4) is 0 Å². The van der Waals surface area contributed by atoms with Crippen LogP contribution in [-0.2, 0) is 6.54 Å². The van der Waals surface area contributed by atoms with Crippen molar-refractivity contribution in [3.8, 4) is 5.75 Å². The summed E-state index contributed by atoms with van der Waals surface area (Å²) in [6, 6.07) is 4.04. The average Bonchev–Trinajstić information content (AvgIpc) is 2.36. The Balaban J connectivity index is 1.92. The van der Waals surface area contributed by atoms with Crippen molar-refractivity contribution in [3.05, 3.63) is 24.0 Å². The van der Waals surface area contributed by atoms with Gasteiger partial charge in [-0.2, -0.15) is 0 Å². The second kappa shape index (κ2) is 6.57. The van der Waals surface area contributed by atoms with Crippen LogP contribution >= 0.6 is 0 Å². The Morgan fingerprint density at radius 3 is 2.85 bits per heavy atom. The van der Waals surface area contributed by atoms with Crippen molar-refractivity contribution in [1.29, 1.82) is 0 Å². The molecule has 1 heterocycles. The van der Waals surface area contributed by atoms with Crippen molar-refractivity contribution in [3.63, 3.8) is 0 Å². The van der Waals surface area contributed by atoms with Gasteiger partial charge < -0.3 is 10.1 Å². The fraction of sp³-hybridized carbons (Fsp3) is 0.706. The van der Waals surface area contributed by atoms with Crippen LogP contribution in [0.25, 0.3) is 0 Å². The van der Waals surface area contributed by atoms with Crippen LogP contribution in [0.15, 0.2) is 18.3 Å². The van der Waals surface area contributed by atoms with Crippen LogP contribution < -0.4 is 10.1 Å². The molecule has 0 saturated heterocycles. The number of hydrogen-bond acceptors (Lipinski definition) is 3. The zero-order valence-electron chi connectivity index (χ0n) is 13.3. The fourth-order valence-electron chi connectivity index (χ4n) is 2.66. The lowest BCUT2D eigenvalue weighted by Crippen LogP contribution is -2.35. The first kappa shape index (κ1) is 15.3. The molecule has 3 heteroatoms. The maximum Gasteiger partial charge on any atom is 0.123 e. The van der Waals surface area contributed by atoms with Gasteiger partial charge in [-0.05, 0) is 52.0 Å². The van der Waals surface area contributed by atoms with Gasteiger partial charge in [0.05, 0.1) is 11.8 Å². The lowest BCUT2D eigenvalue weighted by atomic mass is 9.89. The lowest BCUT2D eigenvalue weighted by Gasteiger charge is -2.27. The van der Waals surface area contributed by atoms with Crippen LogP contribution in [0.1, 0.15) is 59.1 Å². The quantitative estimate of drug-likeness (QED) is 0.905. The monoisotopic (exact) mass is 276 g/mol. The minimum Gasteiger partial charge on any atom is -0.490 e. The maximum absolute atomic E-state index is 6.13. The summed E-state index contributed by atoms with van der Waals surface area (Å²) < 4.78 is 6.13. The first-order valence-electron chi connectivity index (χ1n) is 7.79. The van der Waals surface area contributed by atoms with Gasteiger partial charge in [0.15, 0.2) is 0 Å². The molecule has 0 bridgehead atoms. The third-order valence-electron chi connectivity index (χ3n) is 3.78. The predicted molar refractivity (Wildman–Crippen MR) is 82.9 cm³/mol. The standard InChI is InChI=1S/C17H28N2O/c1-13-6-5-7-15(10-13)20-16-8-9-18-14(11-16)12-19-17(2,3)4/h8-9,11,13,15,19H,5-7,10,12H2,1-4H3. The number of ether oxygens (including phenoxy) is 1. The Morgan fingerprint density at radius 2 is 2.15 bits per heavy atom. The normalized spacial score (nSPS) is 23.6. The number of pyridine rings is 1. The molecule has 1 saturated carbocycles. The van der Waals surface area contributed by atoms with E-state index in [1.54, 1.807) is 0 Å². The minimum atomic E-state index is 0.108. The predicted octanol–water partition coefficient (Wildman–Crippen LogP) is 3.93. The van der Waals surface area contributed by atoms with E-state index in [-0.39, 0.29) is 5.54 Å². The van der Waals surface area contributed by atoms with Gasteiger partial charge in [-0.1, -0.05) is 13.3 Å². The third kappa shape index (κ3) is 5.12. The van der Waals surface area contributed by atoms with Crippen molar-refractivity contribution >= 4 is 0 Å². The number of rotatable bonds is 4. The van der Waals surface area contributed by atoms with E-state index in [0.29, 0.717) is 6.10 Å². The molecule has 1 aliphatic carbocycles. The van der Waals surface area contributed by atoms with E-state index in [1.807, 2.05) is 12.3 Å². The number of aromatic nitrogens is 1. The zero-order valence-corrected chi connectivity index (χ0v) is 13.3. The van der Waals surface area contributed by atoms with Crippen molar-refractivity contribution in [2.45, 2.75) is 71.6 Å². The second-order valence-electron chi connectivity index (χ2n) is 7.10. The molecule has 1 aromatic rings. The summed E-state index contributed by atoms with van der Waals surface area (Å²) in [5, 5.41) is 3.46. The third-order valence-corrected chi connectivity index (χ3v) is 3.78. The number of nitrogens with one attached hydrogen (secondary N) is 1. The van der Waals surface area contributed by atoms with Crippen LogP contribution in [0.5, 0.6) is 5.75 Å². The molecule has 1 aliphatic rings. The second-order valence-corrected chi connectivity index (χ2v) is 7.10. The zero-order chi connectivity index (χ0) is 14.6. The molecular weight excluding hydrogens is 248 g/mol. The van der Waals surface area contributed by atoms with Gasteiger partial charge in [0.1, 0.15) is 5.75 Å². The minimum absolute atomic E-state index is 0.108. The molecular formula is C17H28N2O. The molecule has 1 fully saturated rings. The van der Waals surface area contributed by atoms with E-state index >= 15 is 0 Å². The molecule has 0 spiro atoms. The summed E-state index contributed by atoms with van der Waals surface area (Å²) in [6.45, 7) is 9.59. The Bertz CT molecular complexity index is 425. The summed E-state index contributed by atoms with van der Waals surface area (Å²) in [4.78, 5) is 4.41. The average molecular weight is 276 g/mol. The topological polar surface area (TPSA) is 34.1 Å². The van der Waals surface area contributed by atoms with Gasteiger partial charge >= 0.3 is 0 Å². The molecule has 3 nitrogen and oxygen atoms in total. The summed E-state index contributed by atoms with van der Waals surface area (Å²) in [7, 11) is 0. The summed E-state index contributed by atoms with van der Waals surface area (Å²) in [5.41, 5.74) is 1.15. The van der Waals surface area contributed by atoms with Gasteiger partial charge in [0.25, 0.3) is 0 Å². The van der Waals surface area contributed by atoms with Crippen molar-refractivity contribution < 1.29 is 4.74 Å². The maximum atomic E-state index is 6.13. The van der Waals surface area contributed by atoms with Crippen molar-refractivity contribution in [2.75, 3.05) is 0 Å². The molecule has 0 aliphatic heterocycles. The molecule has 0 radical (unpaired) electrons. The smallest absolute Gasteiger partial charge is 0.123 e. The molecule has 2 rings (SSSR count). The van der Waals surface area contributed by atoms with E-state index in [4.69, 9.17) is 4.74 Å². The largest absolute Gasteiger partial charge is 0.490 e. The number of hydrogen-bond donors (Lipinski definition) is 1. The molecule has 2 atom stereocenters.